The number of hydrogen-bond donors (Lipinski definition) is 1. The van der Waals surface area contributed by atoms with E-state index in [2.05, 4.69) is 5.32 Å². The van der Waals surface area contributed by atoms with E-state index >= 15 is 0 Å². The first kappa shape index (κ1) is 22.7. The molecule has 1 aliphatic heterocycles. The van der Waals surface area contributed by atoms with E-state index in [4.69, 9.17) is 14.5 Å². The van der Waals surface area contributed by atoms with Crippen LogP contribution in [0.1, 0.15) is 35.8 Å². The minimum atomic E-state index is -0.723. The number of carbonyl (C=O) groups is 1. The van der Waals surface area contributed by atoms with E-state index in [1.807, 2.05) is 4.90 Å². The van der Waals surface area contributed by atoms with Crippen LogP contribution in [0, 0.1) is 11.6 Å². The van der Waals surface area contributed by atoms with Crippen molar-refractivity contribution in [2.45, 2.75) is 19.9 Å². The minimum Gasteiger partial charge on any atom is -0.462 e. The van der Waals surface area contributed by atoms with Crippen LogP contribution in [0.25, 0.3) is 5.65 Å². The molecule has 0 saturated carbocycles. The monoisotopic (exact) mass is 458 g/mol. The molecule has 2 aromatic heterocycles. The van der Waals surface area contributed by atoms with Crippen LogP contribution >= 0.6 is 0 Å². The van der Waals surface area contributed by atoms with E-state index in [1.54, 1.807) is 19.9 Å². The second-order valence-corrected chi connectivity index (χ2v) is 7.67. The average molecular weight is 458 g/mol. The Kier molecular flexibility index (Phi) is 6.55. The summed E-state index contributed by atoms with van der Waals surface area (Å²) in [7, 11) is 0. The highest BCUT2D eigenvalue weighted by molar-refractivity contribution is 5.90. The van der Waals surface area contributed by atoms with Crippen LogP contribution < -0.4 is 15.8 Å². The number of benzene rings is 1. The van der Waals surface area contributed by atoms with Gasteiger partial charge in [0.25, 0.3) is 5.56 Å². The molecule has 10 heteroatoms. The SMILES string of the molecule is CCOC(=O)c1cc(C(C)Nc2cc(F)cc(F)c2)c2nc(N3CCOCC3)cc(=O)n2c1. The lowest BCUT2D eigenvalue weighted by atomic mass is 10.1. The Bertz CT molecular complexity index is 1220. The van der Waals surface area contributed by atoms with Gasteiger partial charge in [-0.15, -0.1) is 0 Å². The number of ether oxygens (including phenoxy) is 2. The van der Waals surface area contributed by atoms with Crippen molar-refractivity contribution in [2.75, 3.05) is 43.1 Å². The van der Waals surface area contributed by atoms with Gasteiger partial charge in [0, 0.05) is 42.7 Å². The largest absolute Gasteiger partial charge is 0.462 e. The zero-order chi connectivity index (χ0) is 23.5. The molecule has 1 N–H and O–H groups in total. The number of nitrogens with one attached hydrogen (secondary N) is 1. The van der Waals surface area contributed by atoms with E-state index < -0.39 is 23.6 Å². The van der Waals surface area contributed by atoms with Crippen molar-refractivity contribution < 1.29 is 23.0 Å². The van der Waals surface area contributed by atoms with Crippen LogP contribution in [0.4, 0.5) is 20.3 Å². The van der Waals surface area contributed by atoms with Crippen LogP contribution in [-0.4, -0.2) is 48.3 Å². The standard InChI is InChI=1S/C23H24F2N4O4/c1-3-33-23(31)15-8-19(14(2)26-18-10-16(24)9-17(25)11-18)22-27-20(12-21(30)29(22)13-15)28-4-6-32-7-5-28/h8-14,26H,3-7H2,1-2H3. The fourth-order valence-corrected chi connectivity index (χ4v) is 3.78. The number of nitrogens with zero attached hydrogens (tertiary/aromatic N) is 3. The van der Waals surface area contributed by atoms with Crippen molar-refractivity contribution in [2.24, 2.45) is 0 Å². The Morgan fingerprint density at radius 2 is 1.88 bits per heavy atom. The maximum absolute atomic E-state index is 13.7. The normalized spacial score (nSPS) is 14.8. The number of halogens is 2. The Morgan fingerprint density at radius 3 is 2.55 bits per heavy atom. The third-order valence-electron chi connectivity index (χ3n) is 5.33. The van der Waals surface area contributed by atoms with Crippen LogP contribution in [0.15, 0.2) is 41.3 Å². The van der Waals surface area contributed by atoms with Crippen LogP contribution in [-0.2, 0) is 9.47 Å². The van der Waals surface area contributed by atoms with Crippen LogP contribution in [0.5, 0.6) is 0 Å². The molecular weight excluding hydrogens is 434 g/mol. The van der Waals surface area contributed by atoms with Crippen LogP contribution in [0.2, 0.25) is 0 Å². The van der Waals surface area contributed by atoms with Gasteiger partial charge in [-0.25, -0.2) is 18.6 Å². The minimum absolute atomic E-state index is 0.168. The number of rotatable bonds is 6. The highest BCUT2D eigenvalue weighted by Crippen LogP contribution is 2.26. The fraction of sp³-hybridized carbons (Fsp3) is 0.348. The van der Waals surface area contributed by atoms with Gasteiger partial charge in [0.15, 0.2) is 0 Å². The summed E-state index contributed by atoms with van der Waals surface area (Å²) in [6.45, 7) is 5.85. The molecule has 1 atom stereocenters. The van der Waals surface area contributed by atoms with Gasteiger partial charge in [-0.1, -0.05) is 0 Å². The second kappa shape index (κ2) is 9.53. The lowest BCUT2D eigenvalue weighted by molar-refractivity contribution is 0.0525. The Hall–Kier alpha value is -3.53. The highest BCUT2D eigenvalue weighted by atomic mass is 19.1. The van der Waals surface area contributed by atoms with Crippen molar-refractivity contribution in [3.63, 3.8) is 0 Å². The number of morpholine rings is 1. The number of pyridine rings is 1. The molecule has 0 amide bonds. The number of hydrogen-bond acceptors (Lipinski definition) is 7. The maximum atomic E-state index is 13.7. The molecule has 8 nitrogen and oxygen atoms in total. The first-order valence-electron chi connectivity index (χ1n) is 10.7. The lowest BCUT2D eigenvalue weighted by Crippen LogP contribution is -2.37. The highest BCUT2D eigenvalue weighted by Gasteiger charge is 2.21. The van der Waals surface area contributed by atoms with Gasteiger partial charge in [-0.2, -0.15) is 0 Å². The zero-order valence-corrected chi connectivity index (χ0v) is 18.3. The molecule has 1 unspecified atom stereocenters. The maximum Gasteiger partial charge on any atom is 0.339 e. The number of aromatic nitrogens is 2. The zero-order valence-electron chi connectivity index (χ0n) is 18.3. The third kappa shape index (κ3) is 4.95. The smallest absolute Gasteiger partial charge is 0.339 e. The molecular formula is C23H24F2N4O4. The van der Waals surface area contributed by atoms with E-state index in [0.717, 1.165) is 18.2 Å². The second-order valence-electron chi connectivity index (χ2n) is 7.67. The molecule has 1 fully saturated rings. The molecule has 4 rings (SSSR count). The molecule has 0 spiro atoms. The molecule has 1 aromatic carbocycles. The molecule has 0 radical (unpaired) electrons. The molecule has 0 bridgehead atoms. The Labute approximate surface area is 188 Å². The summed E-state index contributed by atoms with van der Waals surface area (Å²) in [5.74, 6) is -1.54. The van der Waals surface area contributed by atoms with Crippen LogP contribution in [0.3, 0.4) is 0 Å². The van der Waals surface area contributed by atoms with Gasteiger partial charge in [0.1, 0.15) is 23.1 Å². The third-order valence-corrected chi connectivity index (χ3v) is 5.33. The fourth-order valence-electron chi connectivity index (χ4n) is 3.78. The Morgan fingerprint density at radius 1 is 1.18 bits per heavy atom. The number of carbonyl (C=O) groups excluding carboxylic acids is 1. The van der Waals surface area contributed by atoms with Gasteiger partial charge in [-0.3, -0.25) is 9.20 Å². The molecule has 174 valence electrons. The summed E-state index contributed by atoms with van der Waals surface area (Å²) in [4.78, 5) is 32.1. The first-order chi connectivity index (χ1) is 15.9. The molecule has 0 aliphatic carbocycles. The number of fused-ring (bicyclic) bond motifs is 1. The molecule has 1 aliphatic rings. The van der Waals surface area contributed by atoms with Crippen molar-refractivity contribution >= 4 is 23.1 Å². The summed E-state index contributed by atoms with van der Waals surface area (Å²) in [6, 6.07) is 5.54. The average Bonchev–Trinajstić information content (AvgIpc) is 2.78. The van der Waals surface area contributed by atoms with Crippen molar-refractivity contribution in [3.05, 3.63) is 69.6 Å². The quantitative estimate of drug-likeness (QED) is 0.568. The summed E-state index contributed by atoms with van der Waals surface area (Å²) in [5, 5.41) is 3.03. The summed E-state index contributed by atoms with van der Waals surface area (Å²) in [6.07, 6.45) is 1.39. The van der Waals surface area contributed by atoms with Gasteiger partial charge in [0.05, 0.1) is 31.4 Å². The van der Waals surface area contributed by atoms with Crippen molar-refractivity contribution in [3.8, 4) is 0 Å². The van der Waals surface area contributed by atoms with Crippen molar-refractivity contribution in [1.82, 2.24) is 9.38 Å². The Balaban J connectivity index is 1.83. The predicted molar refractivity (Wildman–Crippen MR) is 119 cm³/mol. The number of esters is 1. The number of anilines is 2. The van der Waals surface area contributed by atoms with E-state index in [-0.39, 0.29) is 23.4 Å². The summed E-state index contributed by atoms with van der Waals surface area (Å²) in [5.41, 5.74) is 0.844. The van der Waals surface area contributed by atoms with Gasteiger partial charge >= 0.3 is 5.97 Å². The van der Waals surface area contributed by atoms with E-state index in [0.29, 0.717) is 43.3 Å². The van der Waals surface area contributed by atoms with E-state index in [9.17, 15) is 18.4 Å². The van der Waals surface area contributed by atoms with Gasteiger partial charge in [-0.05, 0) is 32.0 Å². The molecule has 1 saturated heterocycles. The molecule has 3 heterocycles. The van der Waals surface area contributed by atoms with Crippen molar-refractivity contribution in [1.29, 1.82) is 0 Å². The summed E-state index contributed by atoms with van der Waals surface area (Å²) >= 11 is 0. The van der Waals surface area contributed by atoms with Gasteiger partial charge < -0.3 is 19.7 Å². The topological polar surface area (TPSA) is 85.2 Å². The lowest BCUT2D eigenvalue weighted by Gasteiger charge is -2.28. The first-order valence-corrected chi connectivity index (χ1v) is 10.7. The summed E-state index contributed by atoms with van der Waals surface area (Å²) < 4.78 is 39.1. The van der Waals surface area contributed by atoms with E-state index in [1.165, 1.54) is 16.7 Å². The predicted octanol–water partition coefficient (Wildman–Crippen LogP) is 3.16. The molecule has 33 heavy (non-hydrogen) atoms. The van der Waals surface area contributed by atoms with Gasteiger partial charge in [0.2, 0.25) is 0 Å². The molecule has 3 aromatic rings.